The van der Waals surface area contributed by atoms with Gasteiger partial charge in [-0.3, -0.25) is 9.59 Å². The van der Waals surface area contributed by atoms with Crippen molar-refractivity contribution < 1.29 is 13.9 Å². The molecule has 0 aliphatic heterocycles. The Morgan fingerprint density at radius 1 is 1.29 bits per heavy atom. The van der Waals surface area contributed by atoms with Gasteiger partial charge in [-0.25, -0.2) is 9.07 Å². The number of rotatable bonds is 4. The summed E-state index contributed by atoms with van der Waals surface area (Å²) in [6, 6.07) is 10.5. The number of aromatic nitrogens is 3. The third-order valence-electron chi connectivity index (χ3n) is 3.36. The smallest absolute Gasteiger partial charge is 0.278 e. The van der Waals surface area contributed by atoms with E-state index in [2.05, 4.69) is 15.6 Å². The van der Waals surface area contributed by atoms with Crippen molar-refractivity contribution in [2.45, 2.75) is 6.54 Å². The quantitative estimate of drug-likeness (QED) is 0.786. The summed E-state index contributed by atoms with van der Waals surface area (Å²) in [7, 11) is 1.49. The van der Waals surface area contributed by atoms with Gasteiger partial charge in [-0.05, 0) is 24.3 Å². The summed E-state index contributed by atoms with van der Waals surface area (Å²) in [6.07, 6.45) is 0. The van der Waals surface area contributed by atoms with Gasteiger partial charge in [0.1, 0.15) is 23.6 Å². The Balaban J connectivity index is 1.84. The van der Waals surface area contributed by atoms with Crippen molar-refractivity contribution in [2.75, 3.05) is 12.4 Å². The van der Waals surface area contributed by atoms with Crippen molar-refractivity contribution in [1.29, 1.82) is 0 Å². The minimum atomic E-state index is -0.518. The van der Waals surface area contributed by atoms with Crippen molar-refractivity contribution in [3.8, 4) is 5.75 Å². The molecule has 0 aliphatic carbocycles. The van der Waals surface area contributed by atoms with E-state index in [1.54, 1.807) is 24.3 Å². The van der Waals surface area contributed by atoms with Gasteiger partial charge >= 0.3 is 0 Å². The normalized spacial score (nSPS) is 10.6. The number of nitrogens with zero attached hydrogens (tertiary/aromatic N) is 3. The zero-order valence-corrected chi connectivity index (χ0v) is 12.7. The summed E-state index contributed by atoms with van der Waals surface area (Å²) in [5.74, 6) is -0.474. The van der Waals surface area contributed by atoms with E-state index in [1.165, 1.54) is 13.2 Å². The van der Waals surface area contributed by atoms with Crippen molar-refractivity contribution in [3.05, 3.63) is 58.6 Å². The first kappa shape index (κ1) is 15.6. The molecular formula is C16H13FN4O3. The summed E-state index contributed by atoms with van der Waals surface area (Å²) in [6.45, 7) is -0.322. The molecule has 1 amide bonds. The number of hydrogen-bond acceptors (Lipinski definition) is 5. The number of benzene rings is 2. The second-order valence-corrected chi connectivity index (χ2v) is 4.96. The molecule has 0 atom stereocenters. The molecule has 0 saturated heterocycles. The lowest BCUT2D eigenvalue weighted by Gasteiger charge is -2.10. The Kier molecular flexibility index (Phi) is 4.19. The molecule has 7 nitrogen and oxygen atoms in total. The number of carbonyl (C=O) groups is 1. The molecule has 0 fully saturated rings. The van der Waals surface area contributed by atoms with E-state index in [1.807, 2.05) is 0 Å². The van der Waals surface area contributed by atoms with E-state index < -0.39 is 17.3 Å². The Morgan fingerprint density at radius 3 is 2.88 bits per heavy atom. The van der Waals surface area contributed by atoms with Crippen molar-refractivity contribution >= 4 is 22.5 Å². The molecule has 1 aromatic heterocycles. The average Bonchev–Trinajstić information content (AvgIpc) is 2.58. The molecule has 3 rings (SSSR count). The second kappa shape index (κ2) is 6.45. The fourth-order valence-corrected chi connectivity index (χ4v) is 2.23. The van der Waals surface area contributed by atoms with Crippen LogP contribution in [0.5, 0.6) is 5.75 Å². The first-order valence-electron chi connectivity index (χ1n) is 7.04. The Morgan fingerprint density at radius 2 is 2.08 bits per heavy atom. The molecule has 3 aromatic rings. The van der Waals surface area contributed by atoms with Gasteiger partial charge < -0.3 is 10.1 Å². The van der Waals surface area contributed by atoms with Crippen LogP contribution in [-0.4, -0.2) is 28.0 Å². The number of halogens is 1. The number of nitrogens with one attached hydrogen (secondary N) is 1. The number of methoxy groups -OCH3 is 1. The second-order valence-electron chi connectivity index (χ2n) is 4.96. The van der Waals surface area contributed by atoms with E-state index in [0.29, 0.717) is 11.4 Å². The first-order chi connectivity index (χ1) is 11.6. The molecule has 1 N–H and O–H groups in total. The third-order valence-corrected chi connectivity index (χ3v) is 3.36. The number of amides is 1. The first-order valence-corrected chi connectivity index (χ1v) is 7.04. The number of para-hydroxylation sites is 2. The number of hydrogen-bond donors (Lipinski definition) is 1. The van der Waals surface area contributed by atoms with Crippen LogP contribution in [0, 0.1) is 5.82 Å². The third kappa shape index (κ3) is 3.07. The molecule has 0 unspecified atom stereocenters. The summed E-state index contributed by atoms with van der Waals surface area (Å²) >= 11 is 0. The van der Waals surface area contributed by atoms with Crippen LogP contribution in [0.15, 0.2) is 47.3 Å². The molecule has 24 heavy (non-hydrogen) atoms. The highest BCUT2D eigenvalue weighted by molar-refractivity contribution is 5.92. The average molecular weight is 328 g/mol. The molecule has 1 heterocycles. The van der Waals surface area contributed by atoms with Gasteiger partial charge in [-0.1, -0.05) is 17.3 Å². The number of anilines is 1. The number of fused-ring (bicyclic) bond motifs is 1. The number of carbonyl (C=O) groups excluding carboxylic acids is 1. The van der Waals surface area contributed by atoms with Gasteiger partial charge in [0.05, 0.1) is 18.2 Å². The van der Waals surface area contributed by atoms with Gasteiger partial charge in [0.15, 0.2) is 0 Å². The van der Waals surface area contributed by atoms with Crippen LogP contribution < -0.4 is 15.6 Å². The number of ether oxygens (including phenoxy) is 1. The molecule has 8 heteroatoms. The summed E-state index contributed by atoms with van der Waals surface area (Å²) < 4.78 is 19.2. The van der Waals surface area contributed by atoms with Gasteiger partial charge in [0, 0.05) is 6.07 Å². The van der Waals surface area contributed by atoms with E-state index in [9.17, 15) is 14.0 Å². The predicted octanol–water partition coefficient (Wildman–Crippen LogP) is 1.58. The van der Waals surface area contributed by atoms with Gasteiger partial charge in [0.2, 0.25) is 5.91 Å². The van der Waals surface area contributed by atoms with Crippen molar-refractivity contribution in [2.24, 2.45) is 0 Å². The topological polar surface area (TPSA) is 86.1 Å². The van der Waals surface area contributed by atoms with E-state index in [-0.39, 0.29) is 17.4 Å². The zero-order valence-electron chi connectivity index (χ0n) is 12.7. The monoisotopic (exact) mass is 328 g/mol. The van der Waals surface area contributed by atoms with Crippen molar-refractivity contribution in [3.63, 3.8) is 0 Å². The lowest BCUT2D eigenvalue weighted by molar-refractivity contribution is -0.117. The predicted molar refractivity (Wildman–Crippen MR) is 85.4 cm³/mol. The van der Waals surface area contributed by atoms with E-state index >= 15 is 0 Å². The molecule has 0 aliphatic rings. The van der Waals surface area contributed by atoms with Crippen LogP contribution in [0.4, 0.5) is 10.1 Å². The van der Waals surface area contributed by atoms with Crippen LogP contribution in [0.25, 0.3) is 10.9 Å². The molecule has 122 valence electrons. The van der Waals surface area contributed by atoms with Gasteiger partial charge in [-0.2, -0.15) is 0 Å². The Bertz CT molecular complexity index is 971. The van der Waals surface area contributed by atoms with Crippen LogP contribution in [0.2, 0.25) is 0 Å². The van der Waals surface area contributed by atoms with Gasteiger partial charge in [-0.15, -0.1) is 5.10 Å². The fourth-order valence-electron chi connectivity index (χ4n) is 2.23. The van der Waals surface area contributed by atoms with Gasteiger partial charge in [0.25, 0.3) is 5.56 Å². The SMILES string of the molecule is COc1ccccc1NC(=O)Cn1nnc2cc(F)ccc2c1=O. The molecule has 0 radical (unpaired) electrons. The molecule has 0 saturated carbocycles. The van der Waals surface area contributed by atoms with Crippen LogP contribution >= 0.6 is 0 Å². The van der Waals surface area contributed by atoms with E-state index in [4.69, 9.17) is 4.74 Å². The maximum atomic E-state index is 13.1. The highest BCUT2D eigenvalue weighted by atomic mass is 19.1. The lowest BCUT2D eigenvalue weighted by Crippen LogP contribution is -2.30. The molecule has 0 bridgehead atoms. The summed E-state index contributed by atoms with van der Waals surface area (Å²) in [5, 5.41) is 10.3. The van der Waals surface area contributed by atoms with Crippen LogP contribution in [0.1, 0.15) is 0 Å². The Labute approximate surface area is 135 Å². The van der Waals surface area contributed by atoms with Crippen LogP contribution in [0.3, 0.4) is 0 Å². The fraction of sp³-hybridized carbons (Fsp3) is 0.125. The standard InChI is InChI=1S/C16H13FN4O3/c1-24-14-5-3-2-4-12(14)18-15(22)9-21-16(23)11-7-6-10(17)8-13(11)19-20-21/h2-8H,9H2,1H3,(H,18,22). The molecule has 0 spiro atoms. The maximum Gasteiger partial charge on any atom is 0.278 e. The zero-order chi connectivity index (χ0) is 17.1. The van der Waals surface area contributed by atoms with E-state index in [0.717, 1.165) is 16.8 Å². The van der Waals surface area contributed by atoms with Crippen molar-refractivity contribution in [1.82, 2.24) is 15.0 Å². The Hall–Kier alpha value is -3.29. The molecule has 2 aromatic carbocycles. The lowest BCUT2D eigenvalue weighted by atomic mass is 10.2. The highest BCUT2D eigenvalue weighted by Gasteiger charge is 2.12. The largest absolute Gasteiger partial charge is 0.495 e. The molecular weight excluding hydrogens is 315 g/mol. The minimum Gasteiger partial charge on any atom is -0.495 e. The summed E-state index contributed by atoms with van der Waals surface area (Å²) in [4.78, 5) is 24.4. The summed E-state index contributed by atoms with van der Waals surface area (Å²) in [5.41, 5.74) is 0.102. The maximum absolute atomic E-state index is 13.1. The van der Waals surface area contributed by atoms with Crippen LogP contribution in [-0.2, 0) is 11.3 Å². The minimum absolute atomic E-state index is 0.140. The highest BCUT2D eigenvalue weighted by Crippen LogP contribution is 2.22.